The van der Waals surface area contributed by atoms with Crippen molar-refractivity contribution in [1.29, 1.82) is 0 Å². The molecular formula is C13H18N2O3S. The summed E-state index contributed by atoms with van der Waals surface area (Å²) in [5.74, 6) is -0.00141. The van der Waals surface area contributed by atoms with Crippen molar-refractivity contribution in [1.82, 2.24) is 10.3 Å². The number of ether oxygens (including phenoxy) is 1. The predicted octanol–water partition coefficient (Wildman–Crippen LogP) is 1.73. The van der Waals surface area contributed by atoms with Gasteiger partial charge in [-0.3, -0.25) is 14.6 Å². The fourth-order valence-corrected chi connectivity index (χ4v) is 2.30. The molecule has 1 rings (SSSR count). The third-order valence-corrected chi connectivity index (χ3v) is 3.66. The van der Waals surface area contributed by atoms with Crippen molar-refractivity contribution in [3.05, 3.63) is 24.0 Å². The van der Waals surface area contributed by atoms with Gasteiger partial charge in [-0.2, -0.15) is 0 Å². The van der Waals surface area contributed by atoms with Gasteiger partial charge < -0.3 is 10.1 Å². The zero-order valence-corrected chi connectivity index (χ0v) is 12.1. The molecular weight excluding hydrogens is 264 g/mol. The highest BCUT2D eigenvalue weighted by atomic mass is 32.2. The molecule has 1 aromatic rings. The normalized spacial score (nSPS) is 11.7. The van der Waals surface area contributed by atoms with Crippen LogP contribution in [0.5, 0.6) is 0 Å². The van der Waals surface area contributed by atoms with E-state index < -0.39 is 0 Å². The summed E-state index contributed by atoms with van der Waals surface area (Å²) in [5.41, 5.74) is 0.387. The van der Waals surface area contributed by atoms with Crippen LogP contribution in [0.3, 0.4) is 0 Å². The molecule has 1 heterocycles. The standard InChI is InChI=1S/C13H18N2O3S/c1-4-14-12(16)11-7-10(5-6-15-11)19-8-9(2)13(17)18-3/h5-7,9H,4,8H2,1-3H3,(H,14,16). The van der Waals surface area contributed by atoms with Gasteiger partial charge >= 0.3 is 5.97 Å². The van der Waals surface area contributed by atoms with Gasteiger partial charge in [0.25, 0.3) is 5.91 Å². The third kappa shape index (κ3) is 4.90. The summed E-state index contributed by atoms with van der Waals surface area (Å²) in [4.78, 5) is 27.8. The lowest BCUT2D eigenvalue weighted by atomic mass is 10.2. The molecule has 0 aromatic carbocycles. The molecule has 0 aliphatic heterocycles. The Balaban J connectivity index is 2.62. The van der Waals surface area contributed by atoms with Crippen LogP contribution in [0.4, 0.5) is 0 Å². The van der Waals surface area contributed by atoms with E-state index in [4.69, 9.17) is 0 Å². The van der Waals surface area contributed by atoms with Gasteiger partial charge in [0.1, 0.15) is 5.69 Å². The van der Waals surface area contributed by atoms with Crippen LogP contribution >= 0.6 is 11.8 Å². The number of hydrogen-bond acceptors (Lipinski definition) is 5. The molecule has 6 heteroatoms. The molecule has 1 unspecified atom stereocenters. The minimum Gasteiger partial charge on any atom is -0.469 e. The Morgan fingerprint density at radius 2 is 2.26 bits per heavy atom. The Bertz CT molecular complexity index is 451. The van der Waals surface area contributed by atoms with E-state index in [1.807, 2.05) is 19.9 Å². The van der Waals surface area contributed by atoms with Crippen LogP contribution in [-0.4, -0.2) is 36.3 Å². The molecule has 1 aromatic heterocycles. The number of nitrogens with zero attached hydrogens (tertiary/aromatic N) is 1. The summed E-state index contributed by atoms with van der Waals surface area (Å²) >= 11 is 1.50. The summed E-state index contributed by atoms with van der Waals surface area (Å²) in [5, 5.41) is 2.70. The second-order valence-corrected chi connectivity index (χ2v) is 5.06. The summed E-state index contributed by atoms with van der Waals surface area (Å²) in [6.07, 6.45) is 1.59. The number of carbonyl (C=O) groups excluding carboxylic acids is 2. The van der Waals surface area contributed by atoms with Crippen molar-refractivity contribution < 1.29 is 14.3 Å². The molecule has 0 saturated carbocycles. The fraction of sp³-hybridized carbons (Fsp3) is 0.462. The van der Waals surface area contributed by atoms with Crippen LogP contribution in [0.2, 0.25) is 0 Å². The first-order valence-electron chi connectivity index (χ1n) is 6.03. The van der Waals surface area contributed by atoms with Gasteiger partial charge in [0.15, 0.2) is 0 Å². The second-order valence-electron chi connectivity index (χ2n) is 3.97. The molecule has 0 fully saturated rings. The number of hydrogen-bond donors (Lipinski definition) is 1. The molecule has 1 N–H and O–H groups in total. The molecule has 104 valence electrons. The average molecular weight is 282 g/mol. The van der Waals surface area contributed by atoms with Gasteiger partial charge in [-0.25, -0.2) is 0 Å². The second kappa shape index (κ2) is 7.78. The average Bonchev–Trinajstić information content (AvgIpc) is 2.44. The van der Waals surface area contributed by atoms with E-state index in [0.717, 1.165) is 4.90 Å². The Kier molecular flexibility index (Phi) is 6.35. The first kappa shape index (κ1) is 15.5. The van der Waals surface area contributed by atoms with Crippen LogP contribution in [0.1, 0.15) is 24.3 Å². The summed E-state index contributed by atoms with van der Waals surface area (Å²) in [7, 11) is 1.38. The smallest absolute Gasteiger partial charge is 0.309 e. The van der Waals surface area contributed by atoms with Crippen LogP contribution in [0, 0.1) is 5.92 Å². The topological polar surface area (TPSA) is 68.3 Å². The van der Waals surface area contributed by atoms with Gasteiger partial charge in [0.2, 0.25) is 0 Å². The van der Waals surface area contributed by atoms with Crippen molar-refractivity contribution in [3.8, 4) is 0 Å². The maximum atomic E-state index is 11.6. The van der Waals surface area contributed by atoms with Crippen LogP contribution in [-0.2, 0) is 9.53 Å². The quantitative estimate of drug-likeness (QED) is 0.635. The molecule has 0 aliphatic rings. The minimum atomic E-state index is -0.231. The number of aromatic nitrogens is 1. The lowest BCUT2D eigenvalue weighted by Gasteiger charge is -2.09. The molecule has 1 atom stereocenters. The van der Waals surface area contributed by atoms with Crippen molar-refractivity contribution in [2.45, 2.75) is 18.7 Å². The van der Waals surface area contributed by atoms with Gasteiger partial charge in [0.05, 0.1) is 13.0 Å². The maximum Gasteiger partial charge on any atom is 0.309 e. The van der Waals surface area contributed by atoms with Crippen molar-refractivity contribution in [2.75, 3.05) is 19.4 Å². The maximum absolute atomic E-state index is 11.6. The number of esters is 1. The van der Waals surface area contributed by atoms with E-state index >= 15 is 0 Å². The van der Waals surface area contributed by atoms with E-state index in [0.29, 0.717) is 18.0 Å². The number of pyridine rings is 1. The first-order valence-corrected chi connectivity index (χ1v) is 7.02. The molecule has 0 radical (unpaired) electrons. The third-order valence-electron chi connectivity index (χ3n) is 2.40. The highest BCUT2D eigenvalue weighted by molar-refractivity contribution is 7.99. The molecule has 0 bridgehead atoms. The number of amides is 1. The first-order chi connectivity index (χ1) is 9.08. The van der Waals surface area contributed by atoms with Gasteiger partial charge in [-0.15, -0.1) is 11.8 Å². The Hall–Kier alpha value is -1.56. The highest BCUT2D eigenvalue weighted by Crippen LogP contribution is 2.21. The zero-order chi connectivity index (χ0) is 14.3. The van der Waals surface area contributed by atoms with E-state index in [1.165, 1.54) is 18.9 Å². The van der Waals surface area contributed by atoms with Crippen LogP contribution in [0.15, 0.2) is 23.2 Å². The Morgan fingerprint density at radius 1 is 1.53 bits per heavy atom. The zero-order valence-electron chi connectivity index (χ0n) is 11.3. The van der Waals surface area contributed by atoms with Crippen molar-refractivity contribution in [2.24, 2.45) is 5.92 Å². The van der Waals surface area contributed by atoms with E-state index in [1.54, 1.807) is 12.3 Å². The molecule has 0 aliphatic carbocycles. The van der Waals surface area contributed by atoms with Gasteiger partial charge in [-0.1, -0.05) is 6.92 Å². The van der Waals surface area contributed by atoms with E-state index in [2.05, 4.69) is 15.0 Å². The number of methoxy groups -OCH3 is 1. The fourth-order valence-electron chi connectivity index (χ4n) is 1.37. The molecule has 0 spiro atoms. The molecule has 1 amide bonds. The highest BCUT2D eigenvalue weighted by Gasteiger charge is 2.14. The summed E-state index contributed by atoms with van der Waals surface area (Å²) in [6, 6.07) is 3.54. The lowest BCUT2D eigenvalue weighted by molar-refractivity contribution is -0.143. The van der Waals surface area contributed by atoms with Crippen LogP contribution in [0.25, 0.3) is 0 Å². The molecule has 0 saturated heterocycles. The largest absolute Gasteiger partial charge is 0.469 e. The molecule has 19 heavy (non-hydrogen) atoms. The minimum absolute atomic E-state index is 0.184. The SMILES string of the molecule is CCNC(=O)c1cc(SCC(C)C(=O)OC)ccn1. The summed E-state index contributed by atoms with van der Waals surface area (Å²) in [6.45, 7) is 4.23. The van der Waals surface area contributed by atoms with E-state index in [9.17, 15) is 9.59 Å². The number of nitrogens with one attached hydrogen (secondary N) is 1. The Morgan fingerprint density at radius 3 is 2.89 bits per heavy atom. The molecule has 5 nitrogen and oxygen atoms in total. The van der Waals surface area contributed by atoms with Gasteiger partial charge in [-0.05, 0) is 19.1 Å². The van der Waals surface area contributed by atoms with Crippen LogP contribution < -0.4 is 5.32 Å². The number of carbonyl (C=O) groups is 2. The monoisotopic (exact) mass is 282 g/mol. The Labute approximate surface area is 117 Å². The summed E-state index contributed by atoms with van der Waals surface area (Å²) < 4.78 is 4.67. The predicted molar refractivity (Wildman–Crippen MR) is 74.1 cm³/mol. The van der Waals surface area contributed by atoms with E-state index in [-0.39, 0.29) is 17.8 Å². The number of thioether (sulfide) groups is 1. The lowest BCUT2D eigenvalue weighted by Crippen LogP contribution is -2.23. The number of rotatable bonds is 6. The van der Waals surface area contributed by atoms with Gasteiger partial charge in [0, 0.05) is 23.4 Å². The van der Waals surface area contributed by atoms with Crippen molar-refractivity contribution in [3.63, 3.8) is 0 Å². The van der Waals surface area contributed by atoms with Crippen molar-refractivity contribution >= 4 is 23.6 Å².